The average Bonchev–Trinajstić information content (AvgIpc) is 3.10. The molecule has 1 heterocycles. The summed E-state index contributed by atoms with van der Waals surface area (Å²) < 4.78 is 73.2. The number of amides is 2. The first kappa shape index (κ1) is 29.8. The number of aliphatic hydroxyl groups is 1. The molecule has 5 rings (SSSR count). The molecule has 222 valence electrons. The zero-order chi connectivity index (χ0) is 29.5. The Labute approximate surface area is 240 Å². The standard InChI is InChI=1S/C28H30ClF3N2O6S/c29-21-4-1-16(27(36)34-19-12-22(30)25(32)23(31)13-19)9-24(21)41(38,39)20-10-17-2-3-18(11-20)28(17,37)14-33-26(35)15-5-7-40-8-6-15/h1,4,9,12-13,15,17-18,20,37H,2-3,5-8,10-11,14H2,(H,33,35)(H,34,36). The molecule has 2 amide bonds. The van der Waals surface area contributed by atoms with Crippen molar-refractivity contribution in [2.24, 2.45) is 17.8 Å². The first-order chi connectivity index (χ1) is 19.4. The van der Waals surface area contributed by atoms with Gasteiger partial charge in [-0.05, 0) is 68.6 Å². The third-order valence-electron chi connectivity index (χ3n) is 8.69. The molecular weight excluding hydrogens is 585 g/mol. The minimum Gasteiger partial charge on any atom is -0.387 e. The van der Waals surface area contributed by atoms with Crippen molar-refractivity contribution in [3.05, 3.63) is 58.4 Å². The maximum absolute atomic E-state index is 13.8. The van der Waals surface area contributed by atoms with Crippen LogP contribution in [0.5, 0.6) is 0 Å². The third-order valence-corrected chi connectivity index (χ3v) is 11.3. The smallest absolute Gasteiger partial charge is 0.255 e. The SMILES string of the molecule is O=C(Nc1cc(F)c(F)c(F)c1)c1ccc(Cl)c(S(=O)(=O)C2CC3CCC(C2)C3(O)CNC(=O)C2CCOCC2)c1. The minimum absolute atomic E-state index is 0.0479. The molecule has 2 bridgehead atoms. The van der Waals surface area contributed by atoms with Gasteiger partial charge < -0.3 is 20.5 Å². The molecule has 0 aromatic heterocycles. The van der Waals surface area contributed by atoms with Gasteiger partial charge in [0.25, 0.3) is 5.91 Å². The number of carbonyl (C=O) groups is 2. The number of halogens is 4. The van der Waals surface area contributed by atoms with Gasteiger partial charge in [0, 0.05) is 49.1 Å². The van der Waals surface area contributed by atoms with Gasteiger partial charge in [-0.25, -0.2) is 21.6 Å². The minimum atomic E-state index is -4.06. The van der Waals surface area contributed by atoms with Crippen LogP contribution in [0.25, 0.3) is 0 Å². The Bertz CT molecular complexity index is 1430. The number of fused-ring (bicyclic) bond motifs is 2. The summed E-state index contributed by atoms with van der Waals surface area (Å²) in [5, 5.41) is 15.7. The van der Waals surface area contributed by atoms with Crippen molar-refractivity contribution in [2.75, 3.05) is 25.1 Å². The fraction of sp³-hybridized carbons (Fsp3) is 0.500. The third kappa shape index (κ3) is 5.84. The molecule has 0 radical (unpaired) electrons. The van der Waals surface area contributed by atoms with E-state index < -0.39 is 44.0 Å². The van der Waals surface area contributed by atoms with Crippen molar-refractivity contribution in [3.8, 4) is 0 Å². The summed E-state index contributed by atoms with van der Waals surface area (Å²) in [6.45, 7) is 1.08. The zero-order valence-electron chi connectivity index (χ0n) is 22.0. The monoisotopic (exact) mass is 614 g/mol. The van der Waals surface area contributed by atoms with Crippen molar-refractivity contribution in [1.82, 2.24) is 5.32 Å². The Morgan fingerprint density at radius 3 is 2.22 bits per heavy atom. The summed E-state index contributed by atoms with van der Waals surface area (Å²) in [7, 11) is -4.06. The van der Waals surface area contributed by atoms with E-state index >= 15 is 0 Å². The van der Waals surface area contributed by atoms with Crippen LogP contribution in [0.1, 0.15) is 48.9 Å². The molecule has 2 unspecified atom stereocenters. The van der Waals surface area contributed by atoms with Crippen LogP contribution < -0.4 is 10.6 Å². The molecule has 2 saturated carbocycles. The van der Waals surface area contributed by atoms with E-state index in [1.165, 1.54) is 12.1 Å². The van der Waals surface area contributed by atoms with Crippen LogP contribution in [0.3, 0.4) is 0 Å². The van der Waals surface area contributed by atoms with Crippen molar-refractivity contribution >= 4 is 38.9 Å². The van der Waals surface area contributed by atoms with E-state index in [2.05, 4.69) is 10.6 Å². The molecule has 41 heavy (non-hydrogen) atoms. The first-order valence-corrected chi connectivity index (χ1v) is 15.4. The number of nitrogens with one attached hydrogen (secondary N) is 2. The van der Waals surface area contributed by atoms with Crippen molar-refractivity contribution in [3.63, 3.8) is 0 Å². The Hall–Kier alpha value is -2.67. The van der Waals surface area contributed by atoms with E-state index in [1.54, 1.807) is 0 Å². The fourth-order valence-electron chi connectivity index (χ4n) is 6.36. The van der Waals surface area contributed by atoms with Gasteiger partial charge in [0.2, 0.25) is 5.91 Å². The quantitative estimate of drug-likeness (QED) is 0.401. The van der Waals surface area contributed by atoms with Crippen LogP contribution in [0.4, 0.5) is 18.9 Å². The number of ether oxygens (including phenoxy) is 1. The van der Waals surface area contributed by atoms with Gasteiger partial charge in [0.05, 0.1) is 20.8 Å². The van der Waals surface area contributed by atoms with Crippen LogP contribution in [-0.4, -0.2) is 55.9 Å². The molecule has 2 aliphatic carbocycles. The molecule has 2 aromatic carbocycles. The normalized spacial score (nSPS) is 26.5. The molecule has 8 nitrogen and oxygen atoms in total. The van der Waals surface area contributed by atoms with Gasteiger partial charge >= 0.3 is 0 Å². The number of benzene rings is 2. The molecule has 13 heteroatoms. The molecule has 0 spiro atoms. The van der Waals surface area contributed by atoms with Gasteiger partial charge in [-0.2, -0.15) is 0 Å². The summed E-state index contributed by atoms with van der Waals surface area (Å²) in [6, 6.07) is 4.82. The summed E-state index contributed by atoms with van der Waals surface area (Å²) in [5.74, 6) is -6.56. The molecule has 2 aromatic rings. The van der Waals surface area contributed by atoms with Crippen LogP contribution in [0.15, 0.2) is 35.2 Å². The highest BCUT2D eigenvalue weighted by Crippen LogP contribution is 2.52. The highest BCUT2D eigenvalue weighted by Gasteiger charge is 2.55. The predicted molar refractivity (Wildman–Crippen MR) is 144 cm³/mol. The second-order valence-corrected chi connectivity index (χ2v) is 13.7. The zero-order valence-corrected chi connectivity index (χ0v) is 23.5. The van der Waals surface area contributed by atoms with Gasteiger partial charge in [0.1, 0.15) is 0 Å². The number of sulfone groups is 1. The van der Waals surface area contributed by atoms with Gasteiger partial charge in [-0.1, -0.05) is 11.6 Å². The van der Waals surface area contributed by atoms with Crippen LogP contribution in [0.2, 0.25) is 5.02 Å². The lowest BCUT2D eigenvalue weighted by atomic mass is 9.74. The maximum Gasteiger partial charge on any atom is 0.255 e. The Kier molecular flexibility index (Phi) is 8.39. The van der Waals surface area contributed by atoms with Crippen LogP contribution in [-0.2, 0) is 19.4 Å². The van der Waals surface area contributed by atoms with Gasteiger partial charge in [-0.3, -0.25) is 9.59 Å². The van der Waals surface area contributed by atoms with Crippen LogP contribution >= 0.6 is 11.6 Å². The van der Waals surface area contributed by atoms with E-state index in [-0.39, 0.29) is 64.2 Å². The summed E-state index contributed by atoms with van der Waals surface area (Å²) in [5.41, 5.74) is -1.71. The molecule has 1 saturated heterocycles. The number of anilines is 1. The molecule has 3 fully saturated rings. The lowest BCUT2D eigenvalue weighted by molar-refractivity contribution is -0.130. The van der Waals surface area contributed by atoms with Crippen molar-refractivity contribution in [1.29, 1.82) is 0 Å². The van der Waals surface area contributed by atoms with Crippen LogP contribution in [0, 0.1) is 35.2 Å². The molecule has 2 atom stereocenters. The molecule has 3 N–H and O–H groups in total. The lowest BCUT2D eigenvalue weighted by Gasteiger charge is -2.42. The van der Waals surface area contributed by atoms with Gasteiger partial charge in [0.15, 0.2) is 27.3 Å². The Morgan fingerprint density at radius 2 is 1.61 bits per heavy atom. The Morgan fingerprint density at radius 1 is 1.00 bits per heavy atom. The molecule has 1 aliphatic heterocycles. The van der Waals surface area contributed by atoms with E-state index in [1.807, 2.05) is 0 Å². The average molecular weight is 615 g/mol. The van der Waals surface area contributed by atoms with Crippen molar-refractivity contribution in [2.45, 2.75) is 54.3 Å². The largest absolute Gasteiger partial charge is 0.387 e. The number of hydrogen-bond acceptors (Lipinski definition) is 6. The van der Waals surface area contributed by atoms with Crippen molar-refractivity contribution < 1.29 is 41.0 Å². The van der Waals surface area contributed by atoms with E-state index in [0.29, 0.717) is 51.0 Å². The molecular formula is C28H30ClF3N2O6S. The number of hydrogen-bond donors (Lipinski definition) is 3. The highest BCUT2D eigenvalue weighted by atomic mass is 35.5. The first-order valence-electron chi connectivity index (χ1n) is 13.5. The number of carbonyl (C=O) groups excluding carboxylic acids is 2. The number of rotatable bonds is 7. The Balaban J connectivity index is 1.30. The fourth-order valence-corrected chi connectivity index (χ4v) is 8.76. The lowest BCUT2D eigenvalue weighted by Crippen LogP contribution is -2.55. The summed E-state index contributed by atoms with van der Waals surface area (Å²) in [4.78, 5) is 25.1. The summed E-state index contributed by atoms with van der Waals surface area (Å²) in [6.07, 6.45) is 2.77. The highest BCUT2D eigenvalue weighted by molar-refractivity contribution is 7.92. The molecule has 3 aliphatic rings. The van der Waals surface area contributed by atoms with E-state index in [4.69, 9.17) is 16.3 Å². The second-order valence-electron chi connectivity index (χ2n) is 11.1. The summed E-state index contributed by atoms with van der Waals surface area (Å²) >= 11 is 6.27. The van der Waals surface area contributed by atoms with Gasteiger partial charge in [-0.15, -0.1) is 0 Å². The van der Waals surface area contributed by atoms with E-state index in [9.17, 15) is 36.3 Å². The maximum atomic E-state index is 13.8. The van der Waals surface area contributed by atoms with E-state index in [0.717, 1.165) is 6.07 Å². The second kappa shape index (κ2) is 11.5. The topological polar surface area (TPSA) is 122 Å². The predicted octanol–water partition coefficient (Wildman–Crippen LogP) is 4.25.